The van der Waals surface area contributed by atoms with Gasteiger partial charge in [0.2, 0.25) is 21.8 Å². The number of carbonyl (C=O) groups excluding carboxylic acids is 4. The Bertz CT molecular complexity index is 1970. The molecule has 6 rings (SSSR count). The third kappa shape index (κ3) is 8.68. The SMILES string of the molecule is COc1ccc2ncc(O[C@@H]3C[C@H]4C(=O)N[C@]5(C(=O)NS(=O)(=O)C6(CF)CC6)C[C@H]5/C=C\CC[C@@H](C)C[C@@H](C)[C@H](NC(=O)OC(C)(C)C)C(=O)N4C3)cc2c1. The van der Waals surface area contributed by atoms with Gasteiger partial charge in [0.1, 0.15) is 52.2 Å². The number of aromatic nitrogens is 1. The number of halogens is 1. The first-order valence-corrected chi connectivity index (χ1v) is 20.4. The lowest BCUT2D eigenvalue weighted by molar-refractivity contribution is -0.142. The number of nitrogens with zero attached hydrogens (tertiary/aromatic N) is 2. The molecule has 2 aromatic rings. The molecule has 2 saturated carbocycles. The van der Waals surface area contributed by atoms with Crippen LogP contribution in [0.3, 0.4) is 0 Å². The highest BCUT2D eigenvalue weighted by Gasteiger charge is 2.64. The predicted molar refractivity (Wildman–Crippen MR) is 201 cm³/mol. The van der Waals surface area contributed by atoms with Crippen LogP contribution in [0.25, 0.3) is 10.9 Å². The summed E-state index contributed by atoms with van der Waals surface area (Å²) in [7, 11) is -2.82. The van der Waals surface area contributed by atoms with Crippen LogP contribution in [0.4, 0.5) is 9.18 Å². The quantitative estimate of drug-likeness (QED) is 0.326. The first-order chi connectivity index (χ1) is 25.9. The molecule has 4 aliphatic rings. The summed E-state index contributed by atoms with van der Waals surface area (Å²) in [5, 5.41) is 6.35. The Hall–Kier alpha value is -4.47. The van der Waals surface area contributed by atoms with E-state index in [0.717, 1.165) is 11.8 Å². The van der Waals surface area contributed by atoms with E-state index in [2.05, 4.69) is 27.3 Å². The lowest BCUT2D eigenvalue weighted by Gasteiger charge is -2.33. The Morgan fingerprint density at radius 2 is 1.84 bits per heavy atom. The molecule has 2 aliphatic heterocycles. The topological polar surface area (TPSA) is 182 Å². The fraction of sp³-hybridized carbons (Fsp3) is 0.615. The van der Waals surface area contributed by atoms with E-state index in [9.17, 15) is 32.0 Å². The van der Waals surface area contributed by atoms with Crippen molar-refractivity contribution in [2.75, 3.05) is 20.3 Å². The molecular formula is C39H52FN5O9S. The van der Waals surface area contributed by atoms with E-state index in [4.69, 9.17) is 14.2 Å². The van der Waals surface area contributed by atoms with Crippen molar-refractivity contribution in [2.24, 2.45) is 17.8 Å². The number of pyridine rings is 1. The second kappa shape index (κ2) is 15.2. The van der Waals surface area contributed by atoms with Crippen molar-refractivity contribution in [1.29, 1.82) is 0 Å². The van der Waals surface area contributed by atoms with E-state index < -0.39 is 80.5 Å². The van der Waals surface area contributed by atoms with Gasteiger partial charge in [-0.1, -0.05) is 26.0 Å². The Balaban J connectivity index is 1.33. The zero-order valence-corrected chi connectivity index (χ0v) is 33.0. The molecule has 3 N–H and O–H groups in total. The van der Waals surface area contributed by atoms with Crippen LogP contribution in [0.2, 0.25) is 0 Å². The van der Waals surface area contributed by atoms with Gasteiger partial charge in [0.25, 0.3) is 5.91 Å². The van der Waals surface area contributed by atoms with Gasteiger partial charge in [-0.25, -0.2) is 17.6 Å². The molecule has 1 saturated heterocycles. The van der Waals surface area contributed by atoms with Crippen molar-refractivity contribution in [1.82, 2.24) is 25.2 Å². The fourth-order valence-electron chi connectivity index (χ4n) is 7.66. The van der Waals surface area contributed by atoms with Crippen LogP contribution in [-0.2, 0) is 29.1 Å². The van der Waals surface area contributed by atoms with Crippen molar-refractivity contribution in [3.63, 3.8) is 0 Å². The molecule has 1 aromatic heterocycles. The number of nitrogens with one attached hydrogen (secondary N) is 3. The van der Waals surface area contributed by atoms with Crippen LogP contribution in [-0.4, -0.2) is 96.5 Å². The van der Waals surface area contributed by atoms with Crippen LogP contribution in [0.15, 0.2) is 42.6 Å². The molecule has 2 aliphatic carbocycles. The highest BCUT2D eigenvalue weighted by molar-refractivity contribution is 7.91. The number of hydrogen-bond donors (Lipinski definition) is 3. The molecule has 55 heavy (non-hydrogen) atoms. The molecular weight excluding hydrogens is 734 g/mol. The molecule has 7 atom stereocenters. The monoisotopic (exact) mass is 785 g/mol. The molecule has 0 radical (unpaired) electrons. The maximum atomic E-state index is 14.7. The molecule has 1 aromatic carbocycles. The van der Waals surface area contributed by atoms with E-state index in [-0.39, 0.29) is 44.1 Å². The minimum absolute atomic E-state index is 0.0130. The number of rotatable bonds is 8. The average molecular weight is 786 g/mol. The van der Waals surface area contributed by atoms with Crippen molar-refractivity contribution in [3.05, 3.63) is 42.6 Å². The Labute approximate surface area is 321 Å². The number of benzene rings is 1. The van der Waals surface area contributed by atoms with E-state index >= 15 is 0 Å². The number of alkyl carbamates (subject to hydrolysis) is 1. The van der Waals surface area contributed by atoms with E-state index in [1.54, 1.807) is 46.2 Å². The molecule has 0 spiro atoms. The molecule has 4 amide bonds. The van der Waals surface area contributed by atoms with Crippen molar-refractivity contribution < 1.29 is 46.2 Å². The van der Waals surface area contributed by atoms with Gasteiger partial charge in [-0.05, 0) is 95.4 Å². The van der Waals surface area contributed by atoms with Crippen LogP contribution in [0.1, 0.15) is 79.6 Å². The number of methoxy groups -OCH3 is 1. The maximum Gasteiger partial charge on any atom is 0.408 e. The standard InChI is InChI=1S/C39H52FN5O9S/c1-23-9-7-8-10-26-19-39(26,35(48)44-55(50,51)38(22-40)13-14-38)43-33(46)31-18-29(53-28-17-25-16-27(52-6)11-12-30(25)41-20-28)21-45(31)34(47)32(24(2)15-23)42-36(49)54-37(3,4)5/h8,10-12,16-17,20,23-24,26,29,31-32H,7,9,13-15,18-19,21-22H2,1-6H3,(H,42,49)(H,43,46)(H,44,48)/b10-8-/t23-,24-,26-,29-,31+,32+,39-/m1/s1. The van der Waals surface area contributed by atoms with Gasteiger partial charge >= 0.3 is 6.09 Å². The maximum absolute atomic E-state index is 14.7. The number of hydrogen-bond acceptors (Lipinski definition) is 10. The van der Waals surface area contributed by atoms with Gasteiger partial charge in [0, 0.05) is 17.7 Å². The molecule has 300 valence electrons. The summed E-state index contributed by atoms with van der Waals surface area (Å²) in [5.41, 5.74) is -1.77. The second-order valence-corrected chi connectivity index (χ2v) is 18.8. The summed E-state index contributed by atoms with van der Waals surface area (Å²) < 4.78 is 57.8. The summed E-state index contributed by atoms with van der Waals surface area (Å²) in [6.07, 6.45) is 6.00. The second-order valence-electron chi connectivity index (χ2n) is 16.7. The van der Waals surface area contributed by atoms with Gasteiger partial charge in [-0.15, -0.1) is 0 Å². The number of alkyl halides is 1. The van der Waals surface area contributed by atoms with Gasteiger partial charge in [-0.3, -0.25) is 24.1 Å². The number of amides is 4. The summed E-state index contributed by atoms with van der Waals surface area (Å²) in [6, 6.07) is 4.95. The van der Waals surface area contributed by atoms with Crippen molar-refractivity contribution in [3.8, 4) is 11.5 Å². The zero-order chi connectivity index (χ0) is 39.9. The Morgan fingerprint density at radius 1 is 1.11 bits per heavy atom. The summed E-state index contributed by atoms with van der Waals surface area (Å²) in [5.74, 6) is -1.93. The largest absolute Gasteiger partial charge is 0.497 e. The lowest BCUT2D eigenvalue weighted by Crippen LogP contribution is -2.59. The first-order valence-electron chi connectivity index (χ1n) is 18.9. The lowest BCUT2D eigenvalue weighted by atomic mass is 9.88. The molecule has 3 heterocycles. The molecule has 14 nitrogen and oxygen atoms in total. The van der Waals surface area contributed by atoms with Gasteiger partial charge in [0.15, 0.2) is 0 Å². The van der Waals surface area contributed by atoms with E-state index in [0.29, 0.717) is 29.9 Å². The fourth-order valence-corrected chi connectivity index (χ4v) is 9.08. The van der Waals surface area contributed by atoms with Gasteiger partial charge < -0.3 is 29.7 Å². The third-order valence-electron chi connectivity index (χ3n) is 11.1. The minimum atomic E-state index is -4.38. The highest BCUT2D eigenvalue weighted by atomic mass is 32.2. The zero-order valence-electron chi connectivity index (χ0n) is 32.2. The van der Waals surface area contributed by atoms with Crippen LogP contribution in [0, 0.1) is 17.8 Å². The number of fused-ring (bicyclic) bond motifs is 3. The van der Waals surface area contributed by atoms with E-state index in [1.165, 1.54) is 4.90 Å². The molecule has 16 heteroatoms. The molecule has 3 fully saturated rings. The molecule has 0 bridgehead atoms. The third-order valence-corrected chi connectivity index (χ3v) is 13.2. The van der Waals surface area contributed by atoms with Crippen LogP contribution < -0.4 is 24.8 Å². The van der Waals surface area contributed by atoms with Gasteiger partial charge in [0.05, 0.1) is 25.4 Å². The summed E-state index contributed by atoms with van der Waals surface area (Å²) in [6.45, 7) is 7.90. The van der Waals surface area contributed by atoms with Crippen LogP contribution >= 0.6 is 0 Å². The minimum Gasteiger partial charge on any atom is -0.497 e. The summed E-state index contributed by atoms with van der Waals surface area (Å²) >= 11 is 0. The Kier molecular flexibility index (Phi) is 11.1. The van der Waals surface area contributed by atoms with Crippen molar-refractivity contribution in [2.45, 2.75) is 114 Å². The number of carbonyl (C=O) groups is 4. The number of ether oxygens (including phenoxy) is 3. The first kappa shape index (κ1) is 40.2. The normalized spacial score (nSPS) is 30.1. The summed E-state index contributed by atoms with van der Waals surface area (Å²) in [4.78, 5) is 62.0. The smallest absolute Gasteiger partial charge is 0.408 e. The van der Waals surface area contributed by atoms with Crippen molar-refractivity contribution >= 4 is 44.7 Å². The number of allylic oxidation sites excluding steroid dienone is 1. The highest BCUT2D eigenvalue weighted by Crippen LogP contribution is 2.48. The predicted octanol–water partition coefficient (Wildman–Crippen LogP) is 4.32. The van der Waals surface area contributed by atoms with Gasteiger partial charge in [-0.2, -0.15) is 0 Å². The number of sulfonamides is 1. The molecule has 0 unspecified atom stereocenters. The van der Waals surface area contributed by atoms with Crippen LogP contribution in [0.5, 0.6) is 11.5 Å². The Morgan fingerprint density at radius 3 is 2.51 bits per heavy atom. The average Bonchev–Trinajstić information content (AvgIpc) is 4.02. The van der Waals surface area contributed by atoms with E-state index in [1.807, 2.05) is 31.2 Å².